The standard InChI is InChI=1S/C17H23N5O4/c1-2-3-4-5-13(10-22(25)12-23)16(24)20-21-17-18-8-6-15(19-17)14-7-9-26-11-14/h6-9,11-13,25H,2-5,10H2,1H3,(H,20,24)(H,18,19,21)/t13-/m1/s1. The minimum atomic E-state index is -0.540. The van der Waals surface area contributed by atoms with Gasteiger partial charge in [-0.25, -0.2) is 15.0 Å². The number of carbonyl (C=O) groups excluding carboxylic acids is 2. The van der Waals surface area contributed by atoms with Gasteiger partial charge in [0.05, 0.1) is 30.7 Å². The van der Waals surface area contributed by atoms with Crippen LogP contribution in [-0.4, -0.2) is 39.1 Å². The molecule has 2 heterocycles. The summed E-state index contributed by atoms with van der Waals surface area (Å²) in [5.41, 5.74) is 6.64. The average molecular weight is 361 g/mol. The highest BCUT2D eigenvalue weighted by Gasteiger charge is 2.20. The number of unbranched alkanes of at least 4 members (excludes halogenated alkanes) is 2. The third-order valence-electron chi connectivity index (χ3n) is 3.83. The lowest BCUT2D eigenvalue weighted by molar-refractivity contribution is -0.154. The third kappa shape index (κ3) is 5.85. The number of aromatic nitrogens is 2. The Morgan fingerprint density at radius 1 is 1.42 bits per heavy atom. The fourth-order valence-electron chi connectivity index (χ4n) is 2.42. The predicted molar refractivity (Wildman–Crippen MR) is 93.7 cm³/mol. The molecule has 3 N–H and O–H groups in total. The molecular formula is C17H23N5O4. The number of nitrogens with one attached hydrogen (secondary N) is 2. The molecule has 0 fully saturated rings. The summed E-state index contributed by atoms with van der Waals surface area (Å²) < 4.78 is 5.03. The quantitative estimate of drug-likeness (QED) is 0.243. The van der Waals surface area contributed by atoms with E-state index in [0.29, 0.717) is 17.2 Å². The van der Waals surface area contributed by atoms with E-state index in [2.05, 4.69) is 27.7 Å². The van der Waals surface area contributed by atoms with Crippen molar-refractivity contribution >= 4 is 18.3 Å². The molecule has 0 aromatic carbocycles. The summed E-state index contributed by atoms with van der Waals surface area (Å²) in [6, 6.07) is 3.49. The summed E-state index contributed by atoms with van der Waals surface area (Å²) in [4.78, 5) is 31.3. The Labute approximate surface area is 151 Å². The maximum atomic E-state index is 12.4. The van der Waals surface area contributed by atoms with E-state index in [4.69, 9.17) is 4.42 Å². The third-order valence-corrected chi connectivity index (χ3v) is 3.83. The first-order valence-electron chi connectivity index (χ1n) is 8.46. The molecule has 0 aliphatic heterocycles. The Morgan fingerprint density at radius 3 is 2.96 bits per heavy atom. The molecule has 0 bridgehead atoms. The van der Waals surface area contributed by atoms with E-state index in [1.807, 2.05) is 0 Å². The van der Waals surface area contributed by atoms with E-state index >= 15 is 0 Å². The molecule has 0 saturated carbocycles. The lowest BCUT2D eigenvalue weighted by Gasteiger charge is -2.19. The van der Waals surface area contributed by atoms with E-state index in [0.717, 1.165) is 24.8 Å². The maximum Gasteiger partial charge on any atom is 0.243 e. The fourth-order valence-corrected chi connectivity index (χ4v) is 2.42. The number of hydrogen-bond acceptors (Lipinski definition) is 7. The average Bonchev–Trinajstić information content (AvgIpc) is 3.20. The van der Waals surface area contributed by atoms with Gasteiger partial charge in [0.1, 0.15) is 0 Å². The smallest absolute Gasteiger partial charge is 0.243 e. The van der Waals surface area contributed by atoms with E-state index in [1.165, 1.54) is 0 Å². The number of anilines is 1. The Kier molecular flexibility index (Phi) is 7.56. The highest BCUT2D eigenvalue weighted by molar-refractivity contribution is 5.80. The highest BCUT2D eigenvalue weighted by Crippen LogP contribution is 2.17. The molecule has 0 radical (unpaired) electrons. The molecule has 2 aromatic rings. The van der Waals surface area contributed by atoms with Crippen LogP contribution in [-0.2, 0) is 9.59 Å². The largest absolute Gasteiger partial charge is 0.472 e. The zero-order valence-corrected chi connectivity index (χ0v) is 14.6. The first-order chi connectivity index (χ1) is 12.6. The van der Waals surface area contributed by atoms with Gasteiger partial charge in [-0.1, -0.05) is 26.2 Å². The van der Waals surface area contributed by atoms with Crippen LogP contribution >= 0.6 is 0 Å². The van der Waals surface area contributed by atoms with Gasteiger partial charge in [-0.15, -0.1) is 0 Å². The van der Waals surface area contributed by atoms with Crippen molar-refractivity contribution in [2.75, 3.05) is 12.0 Å². The lowest BCUT2D eigenvalue weighted by Crippen LogP contribution is -2.40. The normalized spacial score (nSPS) is 11.6. The van der Waals surface area contributed by atoms with E-state index < -0.39 is 5.92 Å². The van der Waals surface area contributed by atoms with Crippen LogP contribution < -0.4 is 10.9 Å². The molecule has 9 heteroatoms. The van der Waals surface area contributed by atoms with Crippen LogP contribution in [0.5, 0.6) is 0 Å². The molecule has 26 heavy (non-hydrogen) atoms. The SMILES string of the molecule is CCCCC[C@H](CN(O)C=O)C(=O)NNc1nccc(-c2ccoc2)n1. The number of rotatable bonds is 11. The van der Waals surface area contributed by atoms with Crippen LogP contribution in [0.3, 0.4) is 0 Å². The van der Waals surface area contributed by atoms with Gasteiger partial charge in [0.2, 0.25) is 18.3 Å². The minimum Gasteiger partial charge on any atom is -0.472 e. The number of hydroxylamine groups is 2. The number of carbonyl (C=O) groups is 2. The van der Waals surface area contributed by atoms with Crippen molar-refractivity contribution in [3.05, 3.63) is 30.9 Å². The first kappa shape index (κ1) is 19.4. The summed E-state index contributed by atoms with van der Waals surface area (Å²) in [6.45, 7) is 1.99. The Balaban J connectivity index is 1.95. The van der Waals surface area contributed by atoms with Crippen LogP contribution in [0.2, 0.25) is 0 Å². The zero-order chi connectivity index (χ0) is 18.8. The molecule has 140 valence electrons. The molecule has 9 nitrogen and oxygen atoms in total. The minimum absolute atomic E-state index is 0.0728. The number of hydrogen-bond donors (Lipinski definition) is 3. The highest BCUT2D eigenvalue weighted by atomic mass is 16.5. The van der Waals surface area contributed by atoms with Crippen LogP contribution in [0.1, 0.15) is 32.6 Å². The molecule has 0 unspecified atom stereocenters. The van der Waals surface area contributed by atoms with Gasteiger partial charge in [-0.05, 0) is 18.6 Å². The fraction of sp³-hybridized carbons (Fsp3) is 0.412. The molecule has 2 amide bonds. The number of amides is 2. The van der Waals surface area contributed by atoms with E-state index in [1.54, 1.807) is 30.9 Å². The first-order valence-corrected chi connectivity index (χ1v) is 8.46. The molecule has 0 aliphatic carbocycles. The summed E-state index contributed by atoms with van der Waals surface area (Å²) in [5, 5.41) is 9.87. The van der Waals surface area contributed by atoms with Gasteiger partial charge in [0.25, 0.3) is 0 Å². The Morgan fingerprint density at radius 2 is 2.27 bits per heavy atom. The van der Waals surface area contributed by atoms with Gasteiger partial charge in [0.15, 0.2) is 0 Å². The molecule has 2 aromatic heterocycles. The molecule has 1 atom stereocenters. The van der Waals surface area contributed by atoms with Crippen LogP contribution in [0.25, 0.3) is 11.3 Å². The second-order valence-electron chi connectivity index (χ2n) is 5.81. The van der Waals surface area contributed by atoms with Gasteiger partial charge >= 0.3 is 0 Å². The molecule has 0 spiro atoms. The van der Waals surface area contributed by atoms with Crippen molar-refractivity contribution in [2.45, 2.75) is 32.6 Å². The monoisotopic (exact) mass is 361 g/mol. The van der Waals surface area contributed by atoms with Gasteiger partial charge in [0, 0.05) is 11.8 Å². The van der Waals surface area contributed by atoms with Crippen molar-refractivity contribution < 1.29 is 19.2 Å². The lowest BCUT2D eigenvalue weighted by atomic mass is 10.0. The topological polar surface area (TPSA) is 121 Å². The van der Waals surface area contributed by atoms with Crippen molar-refractivity contribution in [3.8, 4) is 11.3 Å². The number of nitrogens with zero attached hydrogens (tertiary/aromatic N) is 3. The van der Waals surface area contributed by atoms with Gasteiger partial charge in [-0.3, -0.25) is 25.6 Å². The molecule has 2 rings (SSSR count). The van der Waals surface area contributed by atoms with E-state index in [-0.39, 0.29) is 24.8 Å². The summed E-state index contributed by atoms with van der Waals surface area (Å²) >= 11 is 0. The Bertz CT molecular complexity index is 692. The molecule has 0 aliphatic rings. The predicted octanol–water partition coefficient (Wildman–Crippen LogP) is 2.22. The van der Waals surface area contributed by atoms with Crippen LogP contribution in [0.15, 0.2) is 35.3 Å². The van der Waals surface area contributed by atoms with Crippen molar-refractivity contribution in [3.63, 3.8) is 0 Å². The second-order valence-corrected chi connectivity index (χ2v) is 5.81. The number of furan rings is 1. The number of hydrazine groups is 1. The van der Waals surface area contributed by atoms with Crippen LogP contribution in [0, 0.1) is 5.92 Å². The zero-order valence-electron chi connectivity index (χ0n) is 14.6. The van der Waals surface area contributed by atoms with Crippen molar-refractivity contribution in [2.24, 2.45) is 5.92 Å². The Hall–Kier alpha value is -2.94. The van der Waals surface area contributed by atoms with Crippen molar-refractivity contribution in [1.82, 2.24) is 20.5 Å². The maximum absolute atomic E-state index is 12.4. The van der Waals surface area contributed by atoms with Gasteiger partial charge in [-0.2, -0.15) is 0 Å². The van der Waals surface area contributed by atoms with Crippen molar-refractivity contribution in [1.29, 1.82) is 0 Å². The van der Waals surface area contributed by atoms with Gasteiger partial charge < -0.3 is 4.42 Å². The summed E-state index contributed by atoms with van der Waals surface area (Å²) in [7, 11) is 0. The summed E-state index contributed by atoms with van der Waals surface area (Å²) in [5.74, 6) is -0.666. The molecular weight excluding hydrogens is 338 g/mol. The summed E-state index contributed by atoms with van der Waals surface area (Å²) in [6.07, 6.45) is 8.31. The molecule has 0 saturated heterocycles. The van der Waals surface area contributed by atoms with Crippen LogP contribution in [0.4, 0.5) is 5.95 Å². The van der Waals surface area contributed by atoms with E-state index in [9.17, 15) is 14.8 Å². The second kappa shape index (κ2) is 10.1.